The van der Waals surface area contributed by atoms with Crippen LogP contribution in [0, 0.1) is 0 Å². The van der Waals surface area contributed by atoms with Crippen molar-refractivity contribution in [2.75, 3.05) is 6.54 Å². The van der Waals surface area contributed by atoms with Crippen LogP contribution >= 0.6 is 15.9 Å². The monoisotopic (exact) mass is 361 g/mol. The van der Waals surface area contributed by atoms with Crippen molar-refractivity contribution in [2.45, 2.75) is 6.42 Å². The fourth-order valence-electron chi connectivity index (χ4n) is 1.86. The third-order valence-corrected chi connectivity index (χ3v) is 3.34. The number of halogens is 1. The van der Waals surface area contributed by atoms with Crippen LogP contribution in [0.3, 0.4) is 0 Å². The topological polar surface area (TPSA) is 81.2 Å². The lowest BCUT2D eigenvalue weighted by atomic mass is 10.2. The van der Waals surface area contributed by atoms with Crippen LogP contribution in [0.25, 0.3) is 11.5 Å². The van der Waals surface area contributed by atoms with Gasteiger partial charge in [-0.25, -0.2) is 0 Å². The van der Waals surface area contributed by atoms with Crippen LogP contribution in [0.5, 0.6) is 0 Å². The van der Waals surface area contributed by atoms with Crippen molar-refractivity contribution in [3.05, 3.63) is 58.8 Å². The largest absolute Gasteiger partial charge is 0.444 e. The summed E-state index contributed by atoms with van der Waals surface area (Å²) < 4.78 is 11.2. The minimum absolute atomic E-state index is 0.252. The Morgan fingerprint density at radius 3 is 2.64 bits per heavy atom. The molecule has 0 bridgehead atoms. The summed E-state index contributed by atoms with van der Waals surface area (Å²) in [7, 11) is 0. The Labute approximate surface area is 134 Å². The Balaban J connectivity index is 1.54. The average Bonchev–Trinajstić information content (AvgIpc) is 3.17. The van der Waals surface area contributed by atoms with Crippen molar-refractivity contribution in [1.82, 2.24) is 15.5 Å². The minimum atomic E-state index is -0.284. The summed E-state index contributed by atoms with van der Waals surface area (Å²) in [6, 6.07) is 12.8. The molecule has 0 aliphatic heterocycles. The molecule has 0 atom stereocenters. The number of hydrogen-bond donors (Lipinski definition) is 1. The number of carbonyl (C=O) groups is 1. The average molecular weight is 362 g/mol. The van der Waals surface area contributed by atoms with Gasteiger partial charge in [-0.3, -0.25) is 4.79 Å². The van der Waals surface area contributed by atoms with Crippen molar-refractivity contribution in [2.24, 2.45) is 0 Å². The first-order valence-electron chi connectivity index (χ1n) is 6.64. The highest BCUT2D eigenvalue weighted by Gasteiger charge is 2.11. The Kier molecular flexibility index (Phi) is 4.34. The molecule has 3 aromatic rings. The van der Waals surface area contributed by atoms with Gasteiger partial charge in [0.25, 0.3) is 5.91 Å². The zero-order valence-electron chi connectivity index (χ0n) is 11.5. The van der Waals surface area contributed by atoms with E-state index in [1.165, 1.54) is 0 Å². The van der Waals surface area contributed by atoms with Crippen LogP contribution in [0.15, 0.2) is 56.0 Å². The summed E-state index contributed by atoms with van der Waals surface area (Å²) in [5, 5.41) is 10.7. The maximum atomic E-state index is 11.8. The Morgan fingerprint density at radius 1 is 1.09 bits per heavy atom. The predicted molar refractivity (Wildman–Crippen MR) is 82.2 cm³/mol. The number of rotatable bonds is 5. The SMILES string of the molecule is O=C(NCCc1nnc(-c2ccccc2)o1)c1ccc(Br)o1. The van der Waals surface area contributed by atoms with E-state index in [1.54, 1.807) is 12.1 Å². The first-order chi connectivity index (χ1) is 10.7. The highest BCUT2D eigenvalue weighted by atomic mass is 79.9. The van der Waals surface area contributed by atoms with Gasteiger partial charge in [-0.15, -0.1) is 10.2 Å². The zero-order chi connectivity index (χ0) is 15.4. The molecule has 0 aliphatic carbocycles. The highest BCUT2D eigenvalue weighted by Crippen LogP contribution is 2.17. The molecule has 0 aliphatic rings. The molecule has 1 amide bonds. The van der Waals surface area contributed by atoms with Crippen LogP contribution < -0.4 is 5.32 Å². The summed E-state index contributed by atoms with van der Waals surface area (Å²) in [5.74, 6) is 0.910. The fourth-order valence-corrected chi connectivity index (χ4v) is 2.16. The molecule has 0 radical (unpaired) electrons. The molecule has 2 heterocycles. The lowest BCUT2D eigenvalue weighted by Gasteiger charge is -2.00. The quantitative estimate of drug-likeness (QED) is 0.755. The van der Waals surface area contributed by atoms with Crippen molar-refractivity contribution in [1.29, 1.82) is 0 Å². The molecule has 6 nitrogen and oxygen atoms in total. The molecular weight excluding hydrogens is 350 g/mol. The van der Waals surface area contributed by atoms with E-state index in [0.717, 1.165) is 5.56 Å². The van der Waals surface area contributed by atoms with Gasteiger partial charge in [0.1, 0.15) is 0 Å². The third kappa shape index (κ3) is 3.43. The summed E-state index contributed by atoms with van der Waals surface area (Å²) in [5.41, 5.74) is 0.866. The standard InChI is InChI=1S/C15H12BrN3O3/c16-12-7-6-11(21-12)14(20)17-9-8-13-18-19-15(22-13)10-4-2-1-3-5-10/h1-7H,8-9H2,(H,17,20). The summed E-state index contributed by atoms with van der Waals surface area (Å²) in [6.07, 6.45) is 0.452. The minimum Gasteiger partial charge on any atom is -0.444 e. The number of amides is 1. The molecule has 0 spiro atoms. The lowest BCUT2D eigenvalue weighted by molar-refractivity contribution is 0.0924. The molecule has 112 valence electrons. The maximum Gasteiger partial charge on any atom is 0.287 e. The molecule has 3 rings (SSSR count). The molecule has 7 heteroatoms. The Morgan fingerprint density at radius 2 is 1.91 bits per heavy atom. The van der Waals surface area contributed by atoms with Crippen LogP contribution in [-0.2, 0) is 6.42 Å². The first-order valence-corrected chi connectivity index (χ1v) is 7.43. The van der Waals surface area contributed by atoms with Crippen molar-refractivity contribution in [3.63, 3.8) is 0 Å². The van der Waals surface area contributed by atoms with Crippen LogP contribution in [0.1, 0.15) is 16.4 Å². The molecule has 0 fully saturated rings. The van der Waals surface area contributed by atoms with Gasteiger partial charge in [0, 0.05) is 18.5 Å². The third-order valence-electron chi connectivity index (χ3n) is 2.91. The number of aromatic nitrogens is 2. The molecule has 1 N–H and O–H groups in total. The second-order valence-corrected chi connectivity index (χ2v) is 5.26. The van der Waals surface area contributed by atoms with Crippen molar-refractivity contribution < 1.29 is 13.6 Å². The van der Waals surface area contributed by atoms with E-state index in [4.69, 9.17) is 8.83 Å². The molecule has 0 unspecified atom stereocenters. The highest BCUT2D eigenvalue weighted by molar-refractivity contribution is 9.10. The molecule has 1 aromatic carbocycles. The number of nitrogens with one attached hydrogen (secondary N) is 1. The van der Waals surface area contributed by atoms with Gasteiger partial charge >= 0.3 is 0 Å². The van der Waals surface area contributed by atoms with Crippen LogP contribution in [-0.4, -0.2) is 22.6 Å². The summed E-state index contributed by atoms with van der Waals surface area (Å²) in [4.78, 5) is 11.8. The van der Waals surface area contributed by atoms with Gasteiger partial charge < -0.3 is 14.2 Å². The van der Waals surface area contributed by atoms with Gasteiger partial charge in [-0.2, -0.15) is 0 Å². The first kappa shape index (κ1) is 14.5. The van der Waals surface area contributed by atoms with Crippen LogP contribution in [0.2, 0.25) is 0 Å². The second-order valence-electron chi connectivity index (χ2n) is 4.48. The second kappa shape index (κ2) is 6.57. The van der Waals surface area contributed by atoms with Gasteiger partial charge in [-0.05, 0) is 40.2 Å². The van der Waals surface area contributed by atoms with Gasteiger partial charge in [0.2, 0.25) is 11.8 Å². The smallest absolute Gasteiger partial charge is 0.287 e. The van der Waals surface area contributed by atoms with E-state index in [2.05, 4.69) is 31.4 Å². The van der Waals surface area contributed by atoms with E-state index in [0.29, 0.717) is 29.4 Å². The lowest BCUT2D eigenvalue weighted by Crippen LogP contribution is -2.25. The molecule has 22 heavy (non-hydrogen) atoms. The number of nitrogens with zero attached hydrogens (tertiary/aromatic N) is 2. The molecule has 0 saturated heterocycles. The van der Waals surface area contributed by atoms with Crippen molar-refractivity contribution in [3.8, 4) is 11.5 Å². The predicted octanol–water partition coefficient (Wildman–Crippen LogP) is 3.06. The van der Waals surface area contributed by atoms with Crippen LogP contribution in [0.4, 0.5) is 0 Å². The number of benzene rings is 1. The van der Waals surface area contributed by atoms with Gasteiger partial charge in [0.15, 0.2) is 10.4 Å². The number of hydrogen-bond acceptors (Lipinski definition) is 5. The fraction of sp³-hybridized carbons (Fsp3) is 0.133. The number of furan rings is 1. The van der Waals surface area contributed by atoms with Gasteiger partial charge in [0.05, 0.1) is 0 Å². The van der Waals surface area contributed by atoms with E-state index < -0.39 is 0 Å². The van der Waals surface area contributed by atoms with Gasteiger partial charge in [-0.1, -0.05) is 18.2 Å². The van der Waals surface area contributed by atoms with E-state index in [9.17, 15) is 4.79 Å². The zero-order valence-corrected chi connectivity index (χ0v) is 13.0. The number of carbonyl (C=O) groups excluding carboxylic acids is 1. The summed E-state index contributed by atoms with van der Waals surface area (Å²) >= 11 is 3.15. The Hall–Kier alpha value is -2.41. The molecule has 2 aromatic heterocycles. The normalized spacial score (nSPS) is 10.6. The molecular formula is C15H12BrN3O3. The van der Waals surface area contributed by atoms with E-state index >= 15 is 0 Å². The maximum absolute atomic E-state index is 11.8. The molecule has 0 saturated carbocycles. The van der Waals surface area contributed by atoms with E-state index in [-0.39, 0.29) is 11.7 Å². The Bertz CT molecular complexity index is 767. The van der Waals surface area contributed by atoms with E-state index in [1.807, 2.05) is 30.3 Å². The van der Waals surface area contributed by atoms with Crippen molar-refractivity contribution >= 4 is 21.8 Å². The summed E-state index contributed by atoms with van der Waals surface area (Å²) in [6.45, 7) is 0.383.